The van der Waals surface area contributed by atoms with Crippen LogP contribution in [0.15, 0.2) is 34.9 Å². The summed E-state index contributed by atoms with van der Waals surface area (Å²) >= 11 is 6.45. The van der Waals surface area contributed by atoms with Gasteiger partial charge >= 0.3 is 0 Å². The van der Waals surface area contributed by atoms with Crippen LogP contribution in [0, 0.1) is 0 Å². The molecular weight excluding hydrogens is 368 g/mol. The predicted molar refractivity (Wildman–Crippen MR) is 104 cm³/mol. The number of halogens is 1. The molecule has 1 aliphatic rings. The van der Waals surface area contributed by atoms with Gasteiger partial charge in [0.15, 0.2) is 17.3 Å². The van der Waals surface area contributed by atoms with Gasteiger partial charge in [0, 0.05) is 43.8 Å². The third-order valence-electron chi connectivity index (χ3n) is 4.63. The van der Waals surface area contributed by atoms with Crippen LogP contribution in [0.3, 0.4) is 0 Å². The minimum absolute atomic E-state index is 0.0528. The molecule has 0 atom stereocenters. The molecule has 1 saturated heterocycles. The highest BCUT2D eigenvalue weighted by Crippen LogP contribution is 2.34. The fourth-order valence-corrected chi connectivity index (χ4v) is 3.47. The van der Waals surface area contributed by atoms with Crippen LogP contribution >= 0.6 is 11.6 Å². The zero-order valence-corrected chi connectivity index (χ0v) is 16.5. The minimum atomic E-state index is -0.0528. The Morgan fingerprint density at radius 3 is 2.78 bits per heavy atom. The Kier molecular flexibility index (Phi) is 6.63. The first-order chi connectivity index (χ1) is 13.1. The average Bonchev–Trinajstić information content (AvgIpc) is 3.11. The number of benzene rings is 1. The zero-order valence-electron chi connectivity index (χ0n) is 15.7. The number of methoxy groups -OCH3 is 1. The first-order valence-corrected chi connectivity index (χ1v) is 9.54. The van der Waals surface area contributed by atoms with Crippen LogP contribution < -0.4 is 9.47 Å². The molecule has 0 unspecified atom stereocenters. The third kappa shape index (κ3) is 4.76. The molecule has 0 saturated carbocycles. The summed E-state index contributed by atoms with van der Waals surface area (Å²) < 4.78 is 16.2. The second kappa shape index (κ2) is 9.15. The van der Waals surface area contributed by atoms with Crippen LogP contribution in [0.2, 0.25) is 5.02 Å². The highest BCUT2D eigenvalue weighted by molar-refractivity contribution is 6.31. The zero-order chi connectivity index (χ0) is 19.2. The molecule has 1 amide bonds. The van der Waals surface area contributed by atoms with Crippen molar-refractivity contribution in [3.8, 4) is 11.5 Å². The Morgan fingerprint density at radius 1 is 1.22 bits per heavy atom. The molecule has 6 nitrogen and oxygen atoms in total. The summed E-state index contributed by atoms with van der Waals surface area (Å²) in [5.74, 6) is 1.67. The molecule has 2 aromatic rings. The van der Waals surface area contributed by atoms with Crippen molar-refractivity contribution in [1.29, 1.82) is 0 Å². The highest BCUT2D eigenvalue weighted by Gasteiger charge is 2.22. The van der Waals surface area contributed by atoms with Crippen LogP contribution in [0.5, 0.6) is 11.5 Å². The monoisotopic (exact) mass is 392 g/mol. The quantitative estimate of drug-likeness (QED) is 0.750. The van der Waals surface area contributed by atoms with Gasteiger partial charge in [0.25, 0.3) is 5.91 Å². The molecule has 0 aliphatic carbocycles. The van der Waals surface area contributed by atoms with Crippen LogP contribution in [0.1, 0.15) is 29.5 Å². The van der Waals surface area contributed by atoms with Crippen LogP contribution in [-0.4, -0.2) is 55.6 Å². The van der Waals surface area contributed by atoms with Gasteiger partial charge in [-0.05, 0) is 37.1 Å². The number of hydrogen-bond donors (Lipinski definition) is 0. The minimum Gasteiger partial charge on any atom is -0.493 e. The van der Waals surface area contributed by atoms with Gasteiger partial charge in [-0.2, -0.15) is 0 Å². The maximum Gasteiger partial charge on any atom is 0.289 e. The van der Waals surface area contributed by atoms with Crippen LogP contribution in [0.25, 0.3) is 0 Å². The lowest BCUT2D eigenvalue weighted by Gasteiger charge is -2.22. The fourth-order valence-electron chi connectivity index (χ4n) is 3.26. The number of hydrogen-bond acceptors (Lipinski definition) is 5. The van der Waals surface area contributed by atoms with E-state index < -0.39 is 0 Å². The summed E-state index contributed by atoms with van der Waals surface area (Å²) in [6.07, 6.45) is 2.43. The molecule has 1 aliphatic heterocycles. The lowest BCUT2D eigenvalue weighted by molar-refractivity contribution is 0.0729. The van der Waals surface area contributed by atoms with Crippen LogP contribution in [0.4, 0.5) is 0 Å². The maximum atomic E-state index is 12.5. The van der Waals surface area contributed by atoms with Crippen molar-refractivity contribution in [2.75, 3.05) is 39.9 Å². The summed E-state index contributed by atoms with van der Waals surface area (Å²) in [5, 5.41) is 0.656. The normalized spacial score (nSPS) is 15.4. The molecule has 1 aromatic heterocycles. The molecule has 0 bridgehead atoms. The Balaban J connectivity index is 1.66. The Morgan fingerprint density at radius 2 is 2.07 bits per heavy atom. The molecule has 1 aromatic carbocycles. The summed E-state index contributed by atoms with van der Waals surface area (Å²) in [4.78, 5) is 16.6. The standard InChI is InChI=1S/C20H25ClN2O4/c1-3-26-19-12-15(16(21)13-18(19)25-2)14-22-7-5-8-23(10-9-22)20(24)17-6-4-11-27-17/h4,6,11-13H,3,5,7-10,14H2,1-2H3. The molecule has 146 valence electrons. The number of carbonyl (C=O) groups excluding carboxylic acids is 1. The number of rotatable bonds is 6. The van der Waals surface area contributed by atoms with Gasteiger partial charge in [-0.3, -0.25) is 9.69 Å². The summed E-state index contributed by atoms with van der Waals surface area (Å²) in [6, 6.07) is 7.18. The second-order valence-electron chi connectivity index (χ2n) is 6.43. The van der Waals surface area contributed by atoms with Crippen molar-refractivity contribution in [2.45, 2.75) is 19.9 Å². The van der Waals surface area contributed by atoms with Crippen molar-refractivity contribution in [1.82, 2.24) is 9.80 Å². The van der Waals surface area contributed by atoms with Gasteiger partial charge in [0.05, 0.1) is 20.0 Å². The van der Waals surface area contributed by atoms with Gasteiger partial charge in [0.1, 0.15) is 0 Å². The number of nitrogens with zero attached hydrogens (tertiary/aromatic N) is 2. The molecule has 1 fully saturated rings. The Hall–Kier alpha value is -2.18. The Bertz CT molecular complexity index is 764. The van der Waals surface area contributed by atoms with Gasteiger partial charge in [-0.25, -0.2) is 0 Å². The molecule has 7 heteroatoms. The lowest BCUT2D eigenvalue weighted by atomic mass is 10.1. The molecular formula is C20H25ClN2O4. The predicted octanol–water partition coefficient (Wildman–Crippen LogP) is 3.69. The molecule has 3 rings (SSSR count). The Labute approximate surface area is 164 Å². The summed E-state index contributed by atoms with van der Waals surface area (Å²) in [5.41, 5.74) is 0.992. The van der Waals surface area contributed by atoms with E-state index in [4.69, 9.17) is 25.5 Å². The third-order valence-corrected chi connectivity index (χ3v) is 4.99. The largest absolute Gasteiger partial charge is 0.493 e. The molecule has 0 spiro atoms. The first kappa shape index (κ1) is 19.6. The number of amides is 1. The van der Waals surface area contributed by atoms with Crippen molar-refractivity contribution in [3.05, 3.63) is 46.9 Å². The van der Waals surface area contributed by atoms with E-state index in [9.17, 15) is 4.79 Å². The van der Waals surface area contributed by atoms with Gasteiger partial charge in [-0.15, -0.1) is 0 Å². The van der Waals surface area contributed by atoms with Crippen molar-refractivity contribution in [2.24, 2.45) is 0 Å². The van der Waals surface area contributed by atoms with E-state index >= 15 is 0 Å². The summed E-state index contributed by atoms with van der Waals surface area (Å²) in [7, 11) is 1.60. The number of ether oxygens (including phenoxy) is 2. The second-order valence-corrected chi connectivity index (χ2v) is 6.83. The SMILES string of the molecule is CCOc1cc(CN2CCCN(C(=O)c3ccco3)CC2)c(Cl)cc1OC. The molecule has 2 heterocycles. The number of furan rings is 1. The van der Waals surface area contributed by atoms with E-state index in [0.29, 0.717) is 42.0 Å². The van der Waals surface area contributed by atoms with Gasteiger partial charge < -0.3 is 18.8 Å². The van der Waals surface area contributed by atoms with Crippen molar-refractivity contribution in [3.63, 3.8) is 0 Å². The smallest absolute Gasteiger partial charge is 0.289 e. The van der Waals surface area contributed by atoms with E-state index in [1.54, 1.807) is 25.3 Å². The topological polar surface area (TPSA) is 55.2 Å². The van der Waals surface area contributed by atoms with E-state index in [1.165, 1.54) is 6.26 Å². The summed E-state index contributed by atoms with van der Waals surface area (Å²) in [6.45, 7) is 6.25. The maximum absolute atomic E-state index is 12.5. The van der Waals surface area contributed by atoms with E-state index in [1.807, 2.05) is 17.9 Å². The first-order valence-electron chi connectivity index (χ1n) is 9.16. The molecule has 27 heavy (non-hydrogen) atoms. The average molecular weight is 393 g/mol. The molecule has 0 radical (unpaired) electrons. The van der Waals surface area contributed by atoms with E-state index in [2.05, 4.69) is 4.90 Å². The molecule has 0 N–H and O–H groups in total. The highest BCUT2D eigenvalue weighted by atomic mass is 35.5. The van der Waals surface area contributed by atoms with Gasteiger partial charge in [-0.1, -0.05) is 11.6 Å². The lowest BCUT2D eigenvalue weighted by Crippen LogP contribution is -2.34. The number of carbonyl (C=O) groups is 1. The van der Waals surface area contributed by atoms with E-state index in [0.717, 1.165) is 31.6 Å². The van der Waals surface area contributed by atoms with Crippen LogP contribution in [-0.2, 0) is 6.54 Å². The fraction of sp³-hybridized carbons (Fsp3) is 0.450. The van der Waals surface area contributed by atoms with Crippen molar-refractivity contribution < 1.29 is 18.7 Å². The van der Waals surface area contributed by atoms with E-state index in [-0.39, 0.29) is 5.91 Å². The van der Waals surface area contributed by atoms with Gasteiger partial charge in [0.2, 0.25) is 0 Å². The van der Waals surface area contributed by atoms with Crippen molar-refractivity contribution >= 4 is 17.5 Å².